The van der Waals surface area contributed by atoms with Crippen LogP contribution in [0.15, 0.2) is 40.1 Å². The smallest absolute Gasteiger partial charge is 0.329 e. The topological polar surface area (TPSA) is 95.4 Å². The van der Waals surface area contributed by atoms with Crippen molar-refractivity contribution in [3.8, 4) is 22.6 Å². The van der Waals surface area contributed by atoms with Gasteiger partial charge in [0, 0.05) is 26.5 Å². The molecule has 27 heavy (non-hydrogen) atoms. The molecule has 3 rings (SSSR count). The number of ether oxygens (including phenoxy) is 3. The second-order valence-corrected chi connectivity index (χ2v) is 5.88. The van der Waals surface area contributed by atoms with E-state index in [1.54, 1.807) is 45.7 Å². The number of hydrogen-bond donors (Lipinski definition) is 1. The van der Waals surface area contributed by atoms with Gasteiger partial charge in [0.15, 0.2) is 11.5 Å². The largest absolute Gasteiger partial charge is 0.493 e. The molecule has 0 bridgehead atoms. The molecule has 2 aromatic heterocycles. The Kier molecular flexibility index (Phi) is 5.56. The lowest BCUT2D eigenvalue weighted by Crippen LogP contribution is -2.31. The number of benzene rings is 1. The summed E-state index contributed by atoms with van der Waals surface area (Å²) in [5.74, 6) is 1.13. The van der Waals surface area contributed by atoms with Gasteiger partial charge in [0.1, 0.15) is 5.65 Å². The third-order valence-corrected chi connectivity index (χ3v) is 4.30. The molecule has 0 fully saturated rings. The van der Waals surface area contributed by atoms with Gasteiger partial charge >= 0.3 is 5.69 Å². The Bertz CT molecular complexity index is 1070. The summed E-state index contributed by atoms with van der Waals surface area (Å²) in [6.07, 6.45) is 2.21. The monoisotopic (exact) mass is 371 g/mol. The zero-order chi connectivity index (χ0) is 19.4. The molecule has 0 atom stereocenters. The third kappa shape index (κ3) is 3.56. The normalized spacial score (nSPS) is 10.9. The van der Waals surface area contributed by atoms with Gasteiger partial charge in [-0.05, 0) is 35.7 Å². The minimum absolute atomic E-state index is 0.340. The van der Waals surface area contributed by atoms with Crippen molar-refractivity contribution in [3.05, 3.63) is 51.3 Å². The molecular formula is C19H21N3O5. The zero-order valence-corrected chi connectivity index (χ0v) is 15.4. The van der Waals surface area contributed by atoms with Crippen LogP contribution >= 0.6 is 0 Å². The highest BCUT2D eigenvalue weighted by atomic mass is 16.5. The van der Waals surface area contributed by atoms with Gasteiger partial charge in [0.2, 0.25) is 0 Å². The van der Waals surface area contributed by atoms with Gasteiger partial charge in [-0.25, -0.2) is 9.78 Å². The molecule has 0 unspecified atom stereocenters. The summed E-state index contributed by atoms with van der Waals surface area (Å²) >= 11 is 0. The number of nitrogens with one attached hydrogen (secondary N) is 1. The summed E-state index contributed by atoms with van der Waals surface area (Å²) in [6.45, 7) is 0.894. The standard InChI is InChI=1S/C19H21N3O5/c1-25-10-4-9-22-17-16(18(23)21-19(22)24)13(7-8-20-17)12-5-6-14(26-2)15(11-12)27-3/h5-8,11H,4,9-10H2,1-3H3,(H,21,23,24). The molecule has 0 radical (unpaired) electrons. The Balaban J connectivity index is 2.22. The van der Waals surface area contributed by atoms with E-state index >= 15 is 0 Å². The van der Waals surface area contributed by atoms with Gasteiger partial charge < -0.3 is 14.2 Å². The quantitative estimate of drug-likeness (QED) is 0.637. The first-order valence-electron chi connectivity index (χ1n) is 8.44. The molecule has 142 valence electrons. The summed E-state index contributed by atoms with van der Waals surface area (Å²) in [7, 11) is 4.70. The van der Waals surface area contributed by atoms with Gasteiger partial charge in [-0.2, -0.15) is 0 Å². The first-order valence-corrected chi connectivity index (χ1v) is 8.44. The molecule has 0 spiro atoms. The minimum Gasteiger partial charge on any atom is -0.493 e. The van der Waals surface area contributed by atoms with Gasteiger partial charge in [-0.3, -0.25) is 14.3 Å². The van der Waals surface area contributed by atoms with Gasteiger partial charge in [-0.15, -0.1) is 0 Å². The maximum Gasteiger partial charge on any atom is 0.329 e. The van der Waals surface area contributed by atoms with Crippen molar-refractivity contribution in [2.45, 2.75) is 13.0 Å². The fraction of sp³-hybridized carbons (Fsp3) is 0.316. The fourth-order valence-corrected chi connectivity index (χ4v) is 3.02. The summed E-state index contributed by atoms with van der Waals surface area (Å²) in [6, 6.07) is 7.12. The van der Waals surface area contributed by atoms with E-state index in [0.717, 1.165) is 5.56 Å². The molecule has 0 aliphatic heterocycles. The van der Waals surface area contributed by atoms with Crippen LogP contribution in [0.5, 0.6) is 11.5 Å². The highest BCUT2D eigenvalue weighted by Gasteiger charge is 2.15. The highest BCUT2D eigenvalue weighted by Crippen LogP contribution is 2.33. The Morgan fingerprint density at radius 2 is 1.85 bits per heavy atom. The Hall–Kier alpha value is -3.13. The van der Waals surface area contributed by atoms with Crippen LogP contribution in [-0.4, -0.2) is 42.5 Å². The lowest BCUT2D eigenvalue weighted by Gasteiger charge is -2.13. The SMILES string of the molecule is COCCCn1c(=O)[nH]c(=O)c2c(-c3ccc(OC)c(OC)c3)ccnc21. The van der Waals surface area contributed by atoms with Crippen LogP contribution in [0.2, 0.25) is 0 Å². The number of fused-ring (bicyclic) bond motifs is 1. The molecule has 8 heteroatoms. The van der Waals surface area contributed by atoms with E-state index < -0.39 is 11.2 Å². The Labute approximate surface area is 155 Å². The predicted octanol–water partition coefficient (Wildman–Crippen LogP) is 1.81. The van der Waals surface area contributed by atoms with Crippen molar-refractivity contribution in [1.82, 2.24) is 14.5 Å². The van der Waals surface area contributed by atoms with Gasteiger partial charge in [0.05, 0.1) is 19.6 Å². The minimum atomic E-state index is -0.486. The van der Waals surface area contributed by atoms with Crippen molar-refractivity contribution in [3.63, 3.8) is 0 Å². The number of nitrogens with zero attached hydrogens (tertiary/aromatic N) is 2. The van der Waals surface area contributed by atoms with Gasteiger partial charge in [-0.1, -0.05) is 6.07 Å². The molecule has 3 aromatic rings. The first kappa shape index (κ1) is 18.7. The molecule has 1 N–H and O–H groups in total. The lowest BCUT2D eigenvalue weighted by atomic mass is 10.0. The van der Waals surface area contributed by atoms with E-state index in [1.807, 2.05) is 6.07 Å². The molecule has 0 aliphatic rings. The number of aromatic amines is 1. The molecule has 1 aromatic carbocycles. The number of rotatable bonds is 7. The van der Waals surface area contributed by atoms with E-state index in [-0.39, 0.29) is 0 Å². The maximum atomic E-state index is 12.6. The maximum absolute atomic E-state index is 12.6. The van der Waals surface area contributed by atoms with Crippen LogP contribution in [0.3, 0.4) is 0 Å². The number of pyridine rings is 1. The summed E-state index contributed by atoms with van der Waals surface area (Å²) < 4.78 is 17.1. The van der Waals surface area contributed by atoms with Crippen molar-refractivity contribution in [2.75, 3.05) is 27.9 Å². The molecule has 0 aliphatic carbocycles. The molecule has 0 amide bonds. The molecule has 2 heterocycles. The second kappa shape index (κ2) is 8.05. The number of methoxy groups -OCH3 is 3. The molecule has 0 saturated heterocycles. The fourth-order valence-electron chi connectivity index (χ4n) is 3.02. The van der Waals surface area contributed by atoms with Crippen LogP contribution in [0.25, 0.3) is 22.2 Å². The van der Waals surface area contributed by atoms with Crippen molar-refractivity contribution in [1.29, 1.82) is 0 Å². The van der Waals surface area contributed by atoms with E-state index in [4.69, 9.17) is 14.2 Å². The lowest BCUT2D eigenvalue weighted by molar-refractivity contribution is 0.190. The average Bonchev–Trinajstić information content (AvgIpc) is 2.69. The molecule has 0 saturated carbocycles. The molecular weight excluding hydrogens is 350 g/mol. The van der Waals surface area contributed by atoms with Crippen molar-refractivity contribution in [2.24, 2.45) is 0 Å². The average molecular weight is 371 g/mol. The van der Waals surface area contributed by atoms with Crippen LogP contribution in [0.4, 0.5) is 0 Å². The zero-order valence-electron chi connectivity index (χ0n) is 15.4. The number of hydrogen-bond acceptors (Lipinski definition) is 6. The Morgan fingerprint density at radius 3 is 2.56 bits per heavy atom. The number of aryl methyl sites for hydroxylation is 1. The van der Waals surface area contributed by atoms with Crippen LogP contribution in [-0.2, 0) is 11.3 Å². The summed E-state index contributed by atoms with van der Waals surface area (Å²) in [5.41, 5.74) is 0.791. The number of H-pyrrole nitrogens is 1. The summed E-state index contributed by atoms with van der Waals surface area (Å²) in [4.78, 5) is 31.5. The second-order valence-electron chi connectivity index (χ2n) is 5.88. The predicted molar refractivity (Wildman–Crippen MR) is 102 cm³/mol. The van der Waals surface area contributed by atoms with E-state index in [1.165, 1.54) is 4.57 Å². The van der Waals surface area contributed by atoms with Crippen LogP contribution in [0, 0.1) is 0 Å². The van der Waals surface area contributed by atoms with Crippen LogP contribution < -0.4 is 20.7 Å². The third-order valence-electron chi connectivity index (χ3n) is 4.30. The summed E-state index contributed by atoms with van der Waals surface area (Å²) in [5, 5.41) is 0.349. The number of aromatic nitrogens is 3. The van der Waals surface area contributed by atoms with E-state index in [0.29, 0.717) is 47.7 Å². The molecule has 8 nitrogen and oxygen atoms in total. The van der Waals surface area contributed by atoms with Crippen molar-refractivity contribution >= 4 is 11.0 Å². The Morgan fingerprint density at radius 1 is 1.07 bits per heavy atom. The highest BCUT2D eigenvalue weighted by molar-refractivity contribution is 5.92. The van der Waals surface area contributed by atoms with E-state index in [9.17, 15) is 9.59 Å². The van der Waals surface area contributed by atoms with Gasteiger partial charge in [0.25, 0.3) is 5.56 Å². The first-order chi connectivity index (χ1) is 13.1. The van der Waals surface area contributed by atoms with E-state index in [2.05, 4.69) is 9.97 Å². The van der Waals surface area contributed by atoms with Crippen LogP contribution in [0.1, 0.15) is 6.42 Å². The van der Waals surface area contributed by atoms with Crippen molar-refractivity contribution < 1.29 is 14.2 Å².